The SMILES string of the molecule is CC/C=C/C(=O)OCC(=O)Nc1ccc(C(=O)OCC)cc1. The molecule has 0 aliphatic heterocycles. The molecule has 1 aromatic rings. The Labute approximate surface area is 129 Å². The molecule has 1 amide bonds. The van der Waals surface area contributed by atoms with Gasteiger partial charge in [0.2, 0.25) is 0 Å². The normalized spacial score (nSPS) is 10.3. The molecule has 6 heteroatoms. The second-order valence-corrected chi connectivity index (χ2v) is 4.26. The fourth-order valence-corrected chi connectivity index (χ4v) is 1.50. The minimum atomic E-state index is -0.561. The highest BCUT2D eigenvalue weighted by atomic mass is 16.5. The summed E-state index contributed by atoms with van der Waals surface area (Å²) in [6, 6.07) is 6.24. The van der Waals surface area contributed by atoms with E-state index in [1.54, 1.807) is 37.3 Å². The number of benzene rings is 1. The Kier molecular flexibility index (Phi) is 7.39. The van der Waals surface area contributed by atoms with Crippen LogP contribution in [0.3, 0.4) is 0 Å². The van der Waals surface area contributed by atoms with Gasteiger partial charge in [0.1, 0.15) is 0 Å². The molecule has 1 aromatic carbocycles. The van der Waals surface area contributed by atoms with Crippen molar-refractivity contribution >= 4 is 23.5 Å². The van der Waals surface area contributed by atoms with Gasteiger partial charge in [-0.2, -0.15) is 0 Å². The van der Waals surface area contributed by atoms with Gasteiger partial charge < -0.3 is 14.8 Å². The summed E-state index contributed by atoms with van der Waals surface area (Å²) >= 11 is 0. The summed E-state index contributed by atoms with van der Waals surface area (Å²) in [4.78, 5) is 34.3. The Morgan fingerprint density at radius 1 is 1.09 bits per heavy atom. The van der Waals surface area contributed by atoms with E-state index in [9.17, 15) is 14.4 Å². The van der Waals surface area contributed by atoms with Crippen LogP contribution < -0.4 is 5.32 Å². The van der Waals surface area contributed by atoms with E-state index in [4.69, 9.17) is 9.47 Å². The van der Waals surface area contributed by atoms with Crippen molar-refractivity contribution in [1.82, 2.24) is 0 Å². The third-order valence-electron chi connectivity index (χ3n) is 2.51. The Morgan fingerprint density at radius 2 is 1.77 bits per heavy atom. The predicted molar refractivity (Wildman–Crippen MR) is 81.4 cm³/mol. The Hall–Kier alpha value is -2.63. The van der Waals surface area contributed by atoms with Gasteiger partial charge >= 0.3 is 11.9 Å². The van der Waals surface area contributed by atoms with E-state index in [1.165, 1.54) is 6.08 Å². The molecule has 0 saturated carbocycles. The molecule has 0 radical (unpaired) electrons. The van der Waals surface area contributed by atoms with Crippen LogP contribution in [-0.2, 0) is 19.1 Å². The fraction of sp³-hybridized carbons (Fsp3) is 0.312. The summed E-state index contributed by atoms with van der Waals surface area (Å²) in [7, 11) is 0. The highest BCUT2D eigenvalue weighted by molar-refractivity contribution is 5.95. The van der Waals surface area contributed by atoms with Crippen LogP contribution in [-0.4, -0.2) is 31.1 Å². The fourth-order valence-electron chi connectivity index (χ4n) is 1.50. The van der Waals surface area contributed by atoms with E-state index >= 15 is 0 Å². The van der Waals surface area contributed by atoms with E-state index in [1.807, 2.05) is 6.92 Å². The van der Waals surface area contributed by atoms with Gasteiger partial charge in [0.05, 0.1) is 12.2 Å². The van der Waals surface area contributed by atoms with Gasteiger partial charge in [0.15, 0.2) is 6.61 Å². The molecular weight excluding hydrogens is 286 g/mol. The lowest BCUT2D eigenvalue weighted by molar-refractivity contribution is -0.142. The van der Waals surface area contributed by atoms with Crippen molar-refractivity contribution in [1.29, 1.82) is 0 Å². The summed E-state index contributed by atoms with van der Waals surface area (Å²) < 4.78 is 9.62. The zero-order valence-corrected chi connectivity index (χ0v) is 12.6. The van der Waals surface area contributed by atoms with Gasteiger partial charge in [0, 0.05) is 11.8 Å². The van der Waals surface area contributed by atoms with Gasteiger partial charge in [0.25, 0.3) is 5.91 Å². The number of carbonyl (C=O) groups is 3. The first kappa shape index (κ1) is 17.4. The lowest BCUT2D eigenvalue weighted by atomic mass is 10.2. The molecule has 0 atom stereocenters. The van der Waals surface area contributed by atoms with E-state index < -0.39 is 17.8 Å². The summed E-state index contributed by atoms with van der Waals surface area (Å²) in [5.74, 6) is -1.44. The predicted octanol–water partition coefficient (Wildman–Crippen LogP) is 2.31. The van der Waals surface area contributed by atoms with Crippen LogP contribution in [0.15, 0.2) is 36.4 Å². The quantitative estimate of drug-likeness (QED) is 0.617. The molecule has 0 aliphatic rings. The van der Waals surface area contributed by atoms with Crippen LogP contribution in [0.1, 0.15) is 30.6 Å². The molecule has 0 fully saturated rings. The first-order valence-corrected chi connectivity index (χ1v) is 6.97. The number of nitrogens with one attached hydrogen (secondary N) is 1. The number of ether oxygens (including phenoxy) is 2. The van der Waals surface area contributed by atoms with Crippen LogP contribution in [0.2, 0.25) is 0 Å². The number of hydrogen-bond acceptors (Lipinski definition) is 5. The Bertz CT molecular complexity index is 548. The molecule has 0 spiro atoms. The number of carbonyl (C=O) groups excluding carboxylic acids is 3. The smallest absolute Gasteiger partial charge is 0.338 e. The summed E-state index contributed by atoms with van der Waals surface area (Å²) in [5, 5.41) is 2.56. The summed E-state index contributed by atoms with van der Waals surface area (Å²) in [6.07, 6.45) is 3.64. The Balaban J connectivity index is 2.46. The van der Waals surface area contributed by atoms with Crippen LogP contribution in [0.25, 0.3) is 0 Å². The zero-order chi connectivity index (χ0) is 16.4. The van der Waals surface area contributed by atoms with Crippen molar-refractivity contribution in [3.63, 3.8) is 0 Å². The van der Waals surface area contributed by atoms with Crippen molar-refractivity contribution in [3.8, 4) is 0 Å². The lowest BCUT2D eigenvalue weighted by Crippen LogP contribution is -2.20. The number of rotatable bonds is 7. The van der Waals surface area contributed by atoms with Gasteiger partial charge in [-0.3, -0.25) is 4.79 Å². The first-order chi connectivity index (χ1) is 10.6. The van der Waals surface area contributed by atoms with Gasteiger partial charge in [-0.25, -0.2) is 9.59 Å². The summed E-state index contributed by atoms with van der Waals surface area (Å²) in [6.45, 7) is 3.54. The number of anilines is 1. The third-order valence-corrected chi connectivity index (χ3v) is 2.51. The van der Waals surface area contributed by atoms with Crippen molar-refractivity contribution in [2.24, 2.45) is 0 Å². The van der Waals surface area contributed by atoms with E-state index in [-0.39, 0.29) is 6.61 Å². The van der Waals surface area contributed by atoms with Crippen LogP contribution >= 0.6 is 0 Å². The largest absolute Gasteiger partial charge is 0.462 e. The van der Waals surface area contributed by atoms with Crippen LogP contribution in [0, 0.1) is 0 Å². The monoisotopic (exact) mass is 305 g/mol. The molecule has 0 heterocycles. The standard InChI is InChI=1S/C16H19NO5/c1-3-5-6-15(19)22-11-14(18)17-13-9-7-12(8-10-13)16(20)21-4-2/h5-10H,3-4,11H2,1-2H3,(H,17,18)/b6-5+. The highest BCUT2D eigenvalue weighted by Crippen LogP contribution is 2.10. The Morgan fingerprint density at radius 3 is 2.36 bits per heavy atom. The lowest BCUT2D eigenvalue weighted by Gasteiger charge is -2.06. The number of amides is 1. The average molecular weight is 305 g/mol. The molecular formula is C16H19NO5. The van der Waals surface area contributed by atoms with Crippen LogP contribution in [0.4, 0.5) is 5.69 Å². The summed E-state index contributed by atoms with van der Waals surface area (Å²) in [5.41, 5.74) is 0.897. The van der Waals surface area contributed by atoms with Gasteiger partial charge in [-0.1, -0.05) is 13.0 Å². The van der Waals surface area contributed by atoms with E-state index in [0.29, 0.717) is 24.3 Å². The number of esters is 2. The van der Waals surface area contributed by atoms with Crippen molar-refractivity contribution in [2.75, 3.05) is 18.5 Å². The average Bonchev–Trinajstić information content (AvgIpc) is 2.52. The van der Waals surface area contributed by atoms with Crippen molar-refractivity contribution < 1.29 is 23.9 Å². The molecule has 22 heavy (non-hydrogen) atoms. The maximum Gasteiger partial charge on any atom is 0.338 e. The molecule has 0 saturated heterocycles. The zero-order valence-electron chi connectivity index (χ0n) is 12.6. The molecule has 1 rings (SSSR count). The molecule has 0 aliphatic carbocycles. The highest BCUT2D eigenvalue weighted by Gasteiger charge is 2.08. The molecule has 0 unspecified atom stereocenters. The number of allylic oxidation sites excluding steroid dienone is 1. The molecule has 0 bridgehead atoms. The van der Waals surface area contributed by atoms with E-state index in [0.717, 1.165) is 0 Å². The minimum Gasteiger partial charge on any atom is -0.462 e. The second kappa shape index (κ2) is 9.33. The second-order valence-electron chi connectivity index (χ2n) is 4.26. The van der Waals surface area contributed by atoms with Crippen molar-refractivity contribution in [3.05, 3.63) is 42.0 Å². The van der Waals surface area contributed by atoms with E-state index in [2.05, 4.69) is 5.32 Å². The molecule has 1 N–H and O–H groups in total. The molecule has 0 aromatic heterocycles. The topological polar surface area (TPSA) is 81.7 Å². The first-order valence-electron chi connectivity index (χ1n) is 6.97. The molecule has 118 valence electrons. The minimum absolute atomic E-state index is 0.301. The van der Waals surface area contributed by atoms with Crippen molar-refractivity contribution in [2.45, 2.75) is 20.3 Å². The van der Waals surface area contributed by atoms with Gasteiger partial charge in [-0.05, 0) is 37.6 Å². The third kappa shape index (κ3) is 6.21. The number of hydrogen-bond donors (Lipinski definition) is 1. The van der Waals surface area contributed by atoms with Gasteiger partial charge in [-0.15, -0.1) is 0 Å². The maximum atomic E-state index is 11.6. The van der Waals surface area contributed by atoms with Crippen LogP contribution in [0.5, 0.6) is 0 Å². The maximum absolute atomic E-state index is 11.6. The molecule has 6 nitrogen and oxygen atoms in total.